The van der Waals surface area contributed by atoms with Gasteiger partial charge < -0.3 is 10.1 Å². The highest BCUT2D eigenvalue weighted by Crippen LogP contribution is 2.42. The molecular weight excluding hydrogens is 324 g/mol. The van der Waals surface area contributed by atoms with Gasteiger partial charge in [0.05, 0.1) is 19.2 Å². The Kier molecular flexibility index (Phi) is 5.22. The molecule has 5 heteroatoms. The maximum Gasteiger partial charge on any atom is 0.123 e. The molecular formula is C21H28N4O. The van der Waals surface area contributed by atoms with Crippen LogP contribution in [0.1, 0.15) is 42.9 Å². The first-order valence-corrected chi connectivity index (χ1v) is 9.52. The molecule has 138 valence electrons. The van der Waals surface area contributed by atoms with Crippen molar-refractivity contribution in [3.63, 3.8) is 0 Å². The van der Waals surface area contributed by atoms with Gasteiger partial charge in [-0.05, 0) is 24.5 Å². The van der Waals surface area contributed by atoms with E-state index in [1.807, 2.05) is 6.07 Å². The second-order valence-electron chi connectivity index (χ2n) is 7.28. The molecule has 1 saturated carbocycles. The van der Waals surface area contributed by atoms with E-state index in [0.29, 0.717) is 0 Å². The van der Waals surface area contributed by atoms with Crippen molar-refractivity contribution >= 4 is 0 Å². The zero-order valence-corrected chi connectivity index (χ0v) is 15.3. The Morgan fingerprint density at radius 2 is 1.73 bits per heavy atom. The van der Waals surface area contributed by atoms with Gasteiger partial charge in [0.15, 0.2) is 0 Å². The van der Waals surface area contributed by atoms with Gasteiger partial charge in [-0.2, -0.15) is 5.53 Å². The summed E-state index contributed by atoms with van der Waals surface area (Å²) in [6, 6.07) is 19.5. The summed E-state index contributed by atoms with van der Waals surface area (Å²) in [6.45, 7) is 0.873. The fourth-order valence-corrected chi connectivity index (χ4v) is 4.41. The Hall–Kier alpha value is -1.92. The molecule has 4 rings (SSSR count). The maximum atomic E-state index is 5.66. The number of benzene rings is 2. The van der Waals surface area contributed by atoms with E-state index in [0.717, 1.165) is 25.1 Å². The highest BCUT2D eigenvalue weighted by atomic mass is 16.5. The smallest absolute Gasteiger partial charge is 0.123 e. The van der Waals surface area contributed by atoms with Crippen molar-refractivity contribution in [2.45, 2.75) is 43.3 Å². The van der Waals surface area contributed by atoms with Crippen LogP contribution >= 0.6 is 0 Å². The van der Waals surface area contributed by atoms with Crippen molar-refractivity contribution in [1.29, 1.82) is 0 Å². The number of hydrazine groups is 2. The summed E-state index contributed by atoms with van der Waals surface area (Å²) in [5.74, 6) is 0.983. The zero-order chi connectivity index (χ0) is 17.8. The highest BCUT2D eigenvalue weighted by Gasteiger charge is 2.39. The third kappa shape index (κ3) is 3.35. The lowest BCUT2D eigenvalue weighted by Gasteiger charge is -2.34. The van der Waals surface area contributed by atoms with E-state index in [-0.39, 0.29) is 17.6 Å². The van der Waals surface area contributed by atoms with Crippen LogP contribution in [0.2, 0.25) is 0 Å². The van der Waals surface area contributed by atoms with Crippen molar-refractivity contribution in [2.75, 3.05) is 13.7 Å². The Morgan fingerprint density at radius 1 is 1.00 bits per heavy atom. The van der Waals surface area contributed by atoms with Gasteiger partial charge in [-0.15, -0.1) is 0 Å². The summed E-state index contributed by atoms with van der Waals surface area (Å²) in [6.07, 6.45) is 4.80. The molecule has 26 heavy (non-hydrogen) atoms. The van der Waals surface area contributed by atoms with Gasteiger partial charge in [-0.25, -0.2) is 10.9 Å². The second-order valence-corrected chi connectivity index (χ2v) is 7.28. The van der Waals surface area contributed by atoms with E-state index in [1.54, 1.807) is 7.11 Å². The van der Waals surface area contributed by atoms with E-state index in [4.69, 9.17) is 4.74 Å². The second kappa shape index (κ2) is 7.76. The first-order valence-electron chi connectivity index (χ1n) is 9.52. The lowest BCUT2D eigenvalue weighted by Crippen LogP contribution is -2.48. The van der Waals surface area contributed by atoms with Gasteiger partial charge in [0.2, 0.25) is 0 Å². The van der Waals surface area contributed by atoms with Crippen molar-refractivity contribution < 1.29 is 4.74 Å². The standard InChI is InChI=1S/C21H28N4O/c1-26-19-12-6-5-11-17(19)21(13-7-8-14-21)22-15-18-20(24-25-23-18)16-9-3-2-4-10-16/h2-6,9-12,18,20,22-25H,7-8,13-15H2,1H3. The summed E-state index contributed by atoms with van der Waals surface area (Å²) >= 11 is 0. The van der Waals surface area contributed by atoms with Crippen LogP contribution in [-0.4, -0.2) is 19.7 Å². The molecule has 2 unspecified atom stereocenters. The number of methoxy groups -OCH3 is 1. The Labute approximate surface area is 155 Å². The summed E-state index contributed by atoms with van der Waals surface area (Å²) in [4.78, 5) is 0. The number of nitrogens with one attached hydrogen (secondary N) is 4. The van der Waals surface area contributed by atoms with Crippen molar-refractivity contribution in [1.82, 2.24) is 21.7 Å². The van der Waals surface area contributed by atoms with Gasteiger partial charge in [-0.3, -0.25) is 0 Å². The first-order chi connectivity index (χ1) is 12.8. The molecule has 2 fully saturated rings. The average Bonchev–Trinajstić information content (AvgIpc) is 3.37. The van der Waals surface area contributed by atoms with Gasteiger partial charge in [0.1, 0.15) is 5.75 Å². The predicted molar refractivity (Wildman–Crippen MR) is 104 cm³/mol. The Bertz CT molecular complexity index is 715. The first kappa shape index (κ1) is 17.5. The monoisotopic (exact) mass is 352 g/mol. The summed E-state index contributed by atoms with van der Waals surface area (Å²) in [5.41, 5.74) is 12.4. The molecule has 1 aliphatic heterocycles. The molecule has 5 nitrogen and oxygen atoms in total. The molecule has 1 heterocycles. The fraction of sp³-hybridized carbons (Fsp3) is 0.429. The fourth-order valence-electron chi connectivity index (χ4n) is 4.41. The van der Waals surface area contributed by atoms with Crippen LogP contribution in [0.25, 0.3) is 0 Å². The molecule has 2 atom stereocenters. The summed E-state index contributed by atoms with van der Waals surface area (Å²) < 4.78 is 5.66. The van der Waals surface area contributed by atoms with Gasteiger partial charge >= 0.3 is 0 Å². The number of ether oxygens (including phenoxy) is 1. The van der Waals surface area contributed by atoms with Crippen molar-refractivity contribution in [3.8, 4) is 5.75 Å². The van der Waals surface area contributed by atoms with E-state index in [2.05, 4.69) is 70.2 Å². The molecule has 0 radical (unpaired) electrons. The third-order valence-electron chi connectivity index (χ3n) is 5.79. The minimum atomic E-state index is -0.00187. The van der Waals surface area contributed by atoms with Crippen LogP contribution in [0.3, 0.4) is 0 Å². The van der Waals surface area contributed by atoms with Gasteiger partial charge in [0.25, 0.3) is 0 Å². The largest absolute Gasteiger partial charge is 0.496 e. The number of hydrogen-bond acceptors (Lipinski definition) is 5. The molecule has 0 spiro atoms. The van der Waals surface area contributed by atoms with Crippen LogP contribution in [0.15, 0.2) is 54.6 Å². The number of para-hydroxylation sites is 1. The molecule has 0 aromatic heterocycles. The lowest BCUT2D eigenvalue weighted by atomic mass is 9.86. The van der Waals surface area contributed by atoms with E-state index in [1.165, 1.54) is 24.0 Å². The molecule has 1 aliphatic carbocycles. The van der Waals surface area contributed by atoms with E-state index < -0.39 is 0 Å². The van der Waals surface area contributed by atoms with Crippen LogP contribution < -0.4 is 26.4 Å². The molecule has 4 N–H and O–H groups in total. The quantitative estimate of drug-likeness (QED) is 0.644. The Morgan fingerprint density at radius 3 is 2.50 bits per heavy atom. The Balaban J connectivity index is 1.53. The van der Waals surface area contributed by atoms with E-state index in [9.17, 15) is 0 Å². The highest BCUT2D eigenvalue weighted by molar-refractivity contribution is 5.40. The molecule has 0 amide bonds. The number of rotatable bonds is 6. The number of hydrogen-bond donors (Lipinski definition) is 4. The molecule has 2 aromatic rings. The maximum absolute atomic E-state index is 5.66. The van der Waals surface area contributed by atoms with Crippen molar-refractivity contribution in [2.24, 2.45) is 0 Å². The SMILES string of the molecule is COc1ccccc1C1(NCC2NNNC2c2ccccc2)CCCC1. The average molecular weight is 352 g/mol. The lowest BCUT2D eigenvalue weighted by molar-refractivity contribution is 0.300. The van der Waals surface area contributed by atoms with Gasteiger partial charge in [0, 0.05) is 17.6 Å². The van der Waals surface area contributed by atoms with Crippen LogP contribution in [0.4, 0.5) is 0 Å². The van der Waals surface area contributed by atoms with Crippen LogP contribution in [0.5, 0.6) is 5.75 Å². The topological polar surface area (TPSA) is 57.4 Å². The third-order valence-corrected chi connectivity index (χ3v) is 5.79. The van der Waals surface area contributed by atoms with E-state index >= 15 is 0 Å². The molecule has 2 aromatic carbocycles. The molecule has 1 saturated heterocycles. The normalized spacial score (nSPS) is 24.7. The minimum Gasteiger partial charge on any atom is -0.496 e. The molecule has 2 aliphatic rings. The summed E-state index contributed by atoms with van der Waals surface area (Å²) in [7, 11) is 1.76. The van der Waals surface area contributed by atoms with Gasteiger partial charge in [-0.1, -0.05) is 61.4 Å². The predicted octanol–water partition coefficient (Wildman–Crippen LogP) is 2.78. The van der Waals surface area contributed by atoms with Crippen LogP contribution in [0, 0.1) is 0 Å². The zero-order valence-electron chi connectivity index (χ0n) is 15.3. The molecule has 0 bridgehead atoms. The van der Waals surface area contributed by atoms with Crippen LogP contribution in [-0.2, 0) is 5.54 Å². The van der Waals surface area contributed by atoms with Crippen molar-refractivity contribution in [3.05, 3.63) is 65.7 Å². The minimum absolute atomic E-state index is 0.00187. The summed E-state index contributed by atoms with van der Waals surface area (Å²) in [5, 5.41) is 3.91.